The third kappa shape index (κ3) is 2.80. The van der Waals surface area contributed by atoms with Crippen LogP contribution < -0.4 is 0 Å². The van der Waals surface area contributed by atoms with Gasteiger partial charge in [-0.25, -0.2) is 0 Å². The van der Waals surface area contributed by atoms with Gasteiger partial charge in [-0.15, -0.1) is 0 Å². The number of aliphatic hydroxyl groups is 1. The topological polar surface area (TPSA) is 43.8 Å². The van der Waals surface area contributed by atoms with Crippen LogP contribution in [0, 0.1) is 5.92 Å². The van der Waals surface area contributed by atoms with Crippen LogP contribution >= 0.6 is 0 Å². The second kappa shape index (κ2) is 5.36. The Morgan fingerprint density at radius 3 is 2.41 bits per heavy atom. The van der Waals surface area contributed by atoms with Gasteiger partial charge in [-0.3, -0.25) is 4.79 Å². The maximum absolute atomic E-state index is 11.9. The van der Waals surface area contributed by atoms with Gasteiger partial charge in [0, 0.05) is 37.6 Å². The number of hydrogen-bond acceptors (Lipinski definition) is 3. The van der Waals surface area contributed by atoms with E-state index >= 15 is 0 Å². The van der Waals surface area contributed by atoms with Crippen molar-refractivity contribution in [1.82, 2.24) is 9.80 Å². The zero-order valence-corrected chi connectivity index (χ0v) is 10.9. The highest BCUT2D eigenvalue weighted by atomic mass is 16.3. The number of nitrogens with zero attached hydrogens (tertiary/aromatic N) is 2. The van der Waals surface area contributed by atoms with Crippen molar-refractivity contribution in [2.75, 3.05) is 27.2 Å². The summed E-state index contributed by atoms with van der Waals surface area (Å²) in [6.45, 7) is 0.919. The van der Waals surface area contributed by atoms with Crippen molar-refractivity contribution in [2.45, 2.75) is 44.2 Å². The highest BCUT2D eigenvalue weighted by Crippen LogP contribution is 2.29. The first-order chi connectivity index (χ1) is 8.11. The van der Waals surface area contributed by atoms with Gasteiger partial charge in [0.15, 0.2) is 0 Å². The van der Waals surface area contributed by atoms with E-state index in [-0.39, 0.29) is 18.4 Å². The van der Waals surface area contributed by atoms with E-state index in [1.165, 1.54) is 12.8 Å². The first kappa shape index (κ1) is 12.8. The molecule has 4 heteroatoms. The van der Waals surface area contributed by atoms with E-state index in [4.69, 9.17) is 5.11 Å². The molecule has 1 saturated carbocycles. The minimum Gasteiger partial charge on any atom is -0.396 e. The molecule has 4 nitrogen and oxygen atoms in total. The average molecular weight is 240 g/mol. The molecule has 1 N–H and O–H groups in total. The lowest BCUT2D eigenvalue weighted by molar-refractivity contribution is -0.130. The summed E-state index contributed by atoms with van der Waals surface area (Å²) >= 11 is 0. The van der Waals surface area contributed by atoms with Crippen LogP contribution in [-0.4, -0.2) is 60.1 Å². The number of aliphatic hydroxyl groups excluding tert-OH is 1. The number of hydrogen-bond donors (Lipinski definition) is 1. The number of rotatable bonds is 3. The van der Waals surface area contributed by atoms with Crippen molar-refractivity contribution in [2.24, 2.45) is 5.92 Å². The Hall–Kier alpha value is -0.610. The summed E-state index contributed by atoms with van der Waals surface area (Å²) in [6, 6.07) is 1.10. The summed E-state index contributed by atoms with van der Waals surface area (Å²) in [5.41, 5.74) is 0. The third-order valence-corrected chi connectivity index (χ3v) is 4.33. The van der Waals surface area contributed by atoms with Crippen LogP contribution in [0.2, 0.25) is 0 Å². The van der Waals surface area contributed by atoms with Gasteiger partial charge in [0.2, 0.25) is 5.91 Å². The zero-order chi connectivity index (χ0) is 12.4. The van der Waals surface area contributed by atoms with Crippen LogP contribution in [0.4, 0.5) is 0 Å². The fraction of sp³-hybridized carbons (Fsp3) is 0.923. The molecule has 2 fully saturated rings. The molecular weight excluding hydrogens is 216 g/mol. The van der Waals surface area contributed by atoms with E-state index in [9.17, 15) is 4.79 Å². The van der Waals surface area contributed by atoms with Gasteiger partial charge in [-0.1, -0.05) is 0 Å². The molecule has 1 aliphatic heterocycles. The molecule has 1 unspecified atom stereocenters. The first-order valence-corrected chi connectivity index (χ1v) is 6.68. The lowest BCUT2D eigenvalue weighted by Crippen LogP contribution is -2.42. The van der Waals surface area contributed by atoms with Crippen LogP contribution in [0.3, 0.4) is 0 Å². The van der Waals surface area contributed by atoms with Crippen molar-refractivity contribution in [3.8, 4) is 0 Å². The predicted octanol–water partition coefficient (Wildman–Crippen LogP) is 0.700. The van der Waals surface area contributed by atoms with Gasteiger partial charge < -0.3 is 14.9 Å². The first-order valence-electron chi connectivity index (χ1n) is 6.68. The standard InChI is InChI=1S/C13H24N2O2/c1-14(2)11-3-5-12(6-4-11)15-8-10(9-16)7-13(15)17/h10-12,16H,3-9H2,1-2H3. The fourth-order valence-electron chi connectivity index (χ4n) is 3.17. The maximum Gasteiger partial charge on any atom is 0.223 e. The van der Waals surface area contributed by atoms with E-state index in [1.807, 2.05) is 4.90 Å². The maximum atomic E-state index is 11.9. The normalized spacial score (nSPS) is 34.7. The van der Waals surface area contributed by atoms with Crippen molar-refractivity contribution < 1.29 is 9.90 Å². The summed E-state index contributed by atoms with van der Waals surface area (Å²) in [6.07, 6.45) is 5.15. The molecule has 0 bridgehead atoms. The Labute approximate surface area is 104 Å². The highest BCUT2D eigenvalue weighted by molar-refractivity contribution is 5.79. The summed E-state index contributed by atoms with van der Waals surface area (Å²) in [5, 5.41) is 9.13. The zero-order valence-electron chi connectivity index (χ0n) is 10.9. The summed E-state index contributed by atoms with van der Waals surface area (Å²) in [4.78, 5) is 16.2. The largest absolute Gasteiger partial charge is 0.396 e. The van der Waals surface area contributed by atoms with E-state index in [2.05, 4.69) is 19.0 Å². The van der Waals surface area contributed by atoms with Crippen molar-refractivity contribution in [1.29, 1.82) is 0 Å². The molecule has 2 rings (SSSR count). The van der Waals surface area contributed by atoms with Gasteiger partial charge in [0.05, 0.1) is 0 Å². The van der Waals surface area contributed by atoms with Crippen LogP contribution in [0.25, 0.3) is 0 Å². The molecule has 2 aliphatic rings. The molecule has 1 amide bonds. The Morgan fingerprint density at radius 2 is 1.94 bits per heavy atom. The SMILES string of the molecule is CN(C)C1CCC(N2CC(CO)CC2=O)CC1. The summed E-state index contributed by atoms with van der Waals surface area (Å²) < 4.78 is 0. The van der Waals surface area contributed by atoms with E-state index in [0.717, 1.165) is 19.4 Å². The van der Waals surface area contributed by atoms with Crippen LogP contribution in [0.5, 0.6) is 0 Å². The van der Waals surface area contributed by atoms with Gasteiger partial charge in [-0.05, 0) is 39.8 Å². The minimum atomic E-state index is 0.148. The second-order valence-electron chi connectivity index (χ2n) is 5.72. The molecule has 1 aliphatic carbocycles. The lowest BCUT2D eigenvalue weighted by atomic mass is 9.89. The van der Waals surface area contributed by atoms with Crippen LogP contribution in [0.15, 0.2) is 0 Å². The second-order valence-corrected chi connectivity index (χ2v) is 5.72. The Morgan fingerprint density at radius 1 is 1.29 bits per heavy atom. The van der Waals surface area contributed by atoms with Crippen LogP contribution in [0.1, 0.15) is 32.1 Å². The average Bonchev–Trinajstić information content (AvgIpc) is 2.71. The number of carbonyl (C=O) groups excluding carboxylic acids is 1. The molecule has 1 atom stereocenters. The van der Waals surface area contributed by atoms with Crippen molar-refractivity contribution in [3.05, 3.63) is 0 Å². The molecule has 98 valence electrons. The van der Waals surface area contributed by atoms with Gasteiger partial charge >= 0.3 is 0 Å². The molecule has 1 saturated heterocycles. The molecule has 0 aromatic rings. The highest BCUT2D eigenvalue weighted by Gasteiger charge is 2.35. The Balaban J connectivity index is 1.87. The molecule has 0 radical (unpaired) electrons. The third-order valence-electron chi connectivity index (χ3n) is 4.33. The molecular formula is C13H24N2O2. The monoisotopic (exact) mass is 240 g/mol. The molecule has 17 heavy (non-hydrogen) atoms. The van der Waals surface area contributed by atoms with Gasteiger partial charge in [-0.2, -0.15) is 0 Å². The molecule has 0 spiro atoms. The molecule has 0 aromatic heterocycles. The van der Waals surface area contributed by atoms with E-state index in [1.54, 1.807) is 0 Å². The van der Waals surface area contributed by atoms with Gasteiger partial charge in [0.25, 0.3) is 0 Å². The molecule has 0 aromatic carbocycles. The fourth-order valence-corrected chi connectivity index (χ4v) is 3.17. The quantitative estimate of drug-likeness (QED) is 0.790. The Bertz CT molecular complexity index is 273. The van der Waals surface area contributed by atoms with Gasteiger partial charge in [0.1, 0.15) is 0 Å². The number of carbonyl (C=O) groups is 1. The summed E-state index contributed by atoms with van der Waals surface area (Å²) in [7, 11) is 4.27. The smallest absolute Gasteiger partial charge is 0.223 e. The van der Waals surface area contributed by atoms with E-state index < -0.39 is 0 Å². The lowest BCUT2D eigenvalue weighted by Gasteiger charge is -2.37. The van der Waals surface area contributed by atoms with Crippen LogP contribution in [-0.2, 0) is 4.79 Å². The van der Waals surface area contributed by atoms with Crippen molar-refractivity contribution in [3.63, 3.8) is 0 Å². The Kier molecular flexibility index (Phi) is 4.05. The predicted molar refractivity (Wildman–Crippen MR) is 66.6 cm³/mol. The minimum absolute atomic E-state index is 0.148. The molecule has 1 heterocycles. The van der Waals surface area contributed by atoms with Crippen molar-refractivity contribution >= 4 is 5.91 Å². The van der Waals surface area contributed by atoms with E-state index in [0.29, 0.717) is 18.5 Å². The number of likely N-dealkylation sites (tertiary alicyclic amines) is 1. The summed E-state index contributed by atoms with van der Waals surface area (Å²) in [5.74, 6) is 0.423. The number of amides is 1.